The van der Waals surface area contributed by atoms with Crippen LogP contribution in [0, 0.1) is 11.8 Å². The smallest absolute Gasteiger partial charge is 0.307 e. The van der Waals surface area contributed by atoms with Gasteiger partial charge < -0.3 is 14.6 Å². The van der Waals surface area contributed by atoms with Crippen molar-refractivity contribution in [2.24, 2.45) is 11.8 Å². The Kier molecular flexibility index (Phi) is 7.45. The third kappa shape index (κ3) is 5.31. The molecule has 1 heterocycles. The quantitative estimate of drug-likeness (QED) is 0.501. The van der Waals surface area contributed by atoms with Crippen molar-refractivity contribution in [3.8, 4) is 5.75 Å². The molecular formula is C26H31ClO4. The van der Waals surface area contributed by atoms with Gasteiger partial charge in [-0.3, -0.25) is 4.79 Å². The van der Waals surface area contributed by atoms with Crippen LogP contribution in [0.4, 0.5) is 0 Å². The first-order valence-electron chi connectivity index (χ1n) is 10.7. The van der Waals surface area contributed by atoms with Crippen LogP contribution in [0.5, 0.6) is 5.75 Å². The Morgan fingerprint density at radius 1 is 1.29 bits per heavy atom. The fourth-order valence-corrected chi connectivity index (χ4v) is 4.81. The molecular weight excluding hydrogens is 412 g/mol. The highest BCUT2D eigenvalue weighted by Crippen LogP contribution is 2.49. The van der Waals surface area contributed by atoms with Crippen LogP contribution in [0.2, 0.25) is 5.02 Å². The summed E-state index contributed by atoms with van der Waals surface area (Å²) in [5, 5.41) is 9.96. The summed E-state index contributed by atoms with van der Waals surface area (Å²) < 4.78 is 12.4. The van der Waals surface area contributed by atoms with Crippen LogP contribution < -0.4 is 4.74 Å². The van der Waals surface area contributed by atoms with Crippen molar-refractivity contribution in [2.75, 3.05) is 7.11 Å². The molecule has 0 amide bonds. The molecule has 3 rings (SSSR count). The monoisotopic (exact) mass is 442 g/mol. The molecule has 0 unspecified atom stereocenters. The van der Waals surface area contributed by atoms with E-state index in [1.165, 1.54) is 5.56 Å². The summed E-state index contributed by atoms with van der Waals surface area (Å²) in [6.45, 7) is 10.6. The molecule has 5 heteroatoms. The molecule has 0 bridgehead atoms. The Labute approximate surface area is 189 Å². The Bertz CT molecular complexity index is 952. The molecule has 0 aliphatic carbocycles. The van der Waals surface area contributed by atoms with Gasteiger partial charge in [0.15, 0.2) is 0 Å². The number of rotatable bonds is 7. The van der Waals surface area contributed by atoms with Crippen molar-refractivity contribution in [2.45, 2.75) is 51.7 Å². The lowest BCUT2D eigenvalue weighted by atomic mass is 9.73. The molecule has 1 saturated heterocycles. The van der Waals surface area contributed by atoms with Gasteiger partial charge in [-0.15, -0.1) is 0 Å². The molecule has 4 atom stereocenters. The molecule has 2 aromatic rings. The van der Waals surface area contributed by atoms with E-state index in [9.17, 15) is 9.90 Å². The first-order chi connectivity index (χ1) is 14.7. The van der Waals surface area contributed by atoms with Crippen LogP contribution >= 0.6 is 11.6 Å². The Balaban J connectivity index is 2.05. The van der Waals surface area contributed by atoms with Crippen molar-refractivity contribution in [3.05, 3.63) is 76.3 Å². The molecule has 0 saturated carbocycles. The van der Waals surface area contributed by atoms with E-state index < -0.39 is 5.97 Å². The van der Waals surface area contributed by atoms with Gasteiger partial charge in [-0.25, -0.2) is 0 Å². The van der Waals surface area contributed by atoms with Gasteiger partial charge in [-0.1, -0.05) is 55.8 Å². The van der Waals surface area contributed by atoms with E-state index in [4.69, 9.17) is 21.1 Å². The largest absolute Gasteiger partial charge is 0.496 e. The van der Waals surface area contributed by atoms with E-state index >= 15 is 0 Å². The van der Waals surface area contributed by atoms with Gasteiger partial charge in [0, 0.05) is 22.4 Å². The van der Waals surface area contributed by atoms with Crippen molar-refractivity contribution in [3.63, 3.8) is 0 Å². The summed E-state index contributed by atoms with van der Waals surface area (Å²) in [5.74, 6) is 0.371. The zero-order valence-corrected chi connectivity index (χ0v) is 19.4. The molecule has 0 spiro atoms. The number of carboxylic acids is 1. The lowest BCUT2D eigenvalue weighted by Gasteiger charge is -2.44. The van der Waals surface area contributed by atoms with Crippen molar-refractivity contribution in [1.82, 2.24) is 0 Å². The minimum absolute atomic E-state index is 0.0214. The lowest BCUT2D eigenvalue weighted by molar-refractivity contribution is -0.136. The normalized spacial score (nSPS) is 23.5. The third-order valence-electron chi connectivity index (χ3n) is 6.10. The van der Waals surface area contributed by atoms with Gasteiger partial charge >= 0.3 is 5.97 Å². The first-order valence-corrected chi connectivity index (χ1v) is 11.0. The maximum atomic E-state index is 11.3. The summed E-state index contributed by atoms with van der Waals surface area (Å²) in [6.07, 6.45) is 0.548. The van der Waals surface area contributed by atoms with E-state index in [0.717, 1.165) is 28.1 Å². The predicted molar refractivity (Wildman–Crippen MR) is 124 cm³/mol. The van der Waals surface area contributed by atoms with Gasteiger partial charge in [0.2, 0.25) is 0 Å². The minimum Gasteiger partial charge on any atom is -0.496 e. The molecule has 1 aliphatic rings. The van der Waals surface area contributed by atoms with Crippen LogP contribution in [-0.2, 0) is 16.0 Å². The van der Waals surface area contributed by atoms with E-state index in [1.807, 2.05) is 37.3 Å². The van der Waals surface area contributed by atoms with E-state index in [0.29, 0.717) is 5.75 Å². The highest BCUT2D eigenvalue weighted by Gasteiger charge is 2.42. The summed E-state index contributed by atoms with van der Waals surface area (Å²) in [5.41, 5.74) is 3.81. The number of ether oxygens (including phenoxy) is 2. The number of aliphatic carboxylic acids is 1. The average molecular weight is 443 g/mol. The number of benzene rings is 2. The van der Waals surface area contributed by atoms with Gasteiger partial charge in [0.25, 0.3) is 0 Å². The van der Waals surface area contributed by atoms with Crippen LogP contribution in [0.15, 0.2) is 54.6 Å². The topological polar surface area (TPSA) is 55.8 Å². The number of hydrogen-bond acceptors (Lipinski definition) is 3. The zero-order valence-electron chi connectivity index (χ0n) is 18.6. The molecule has 1 fully saturated rings. The SMILES string of the molecule is C=C(C)[C@H]1C[C@@H](c2cccc(Cl)c2)[C@H](C(C)C)O[C@@H]1c1cc(CC(=O)O)ccc1OC. The van der Waals surface area contributed by atoms with E-state index in [-0.39, 0.29) is 36.4 Å². The summed E-state index contributed by atoms with van der Waals surface area (Å²) in [4.78, 5) is 11.3. The number of carbonyl (C=O) groups is 1. The Morgan fingerprint density at radius 3 is 2.61 bits per heavy atom. The van der Waals surface area contributed by atoms with Crippen molar-refractivity contribution < 1.29 is 19.4 Å². The van der Waals surface area contributed by atoms with Crippen LogP contribution in [0.25, 0.3) is 0 Å². The summed E-state index contributed by atoms with van der Waals surface area (Å²) in [6, 6.07) is 13.5. The summed E-state index contributed by atoms with van der Waals surface area (Å²) >= 11 is 6.29. The molecule has 166 valence electrons. The standard InChI is InChI=1S/C26H31ClO4/c1-15(2)20-14-21(18-7-6-8-19(27)13-18)25(16(3)4)31-26(20)22-11-17(12-24(28)29)9-10-23(22)30-5/h6-11,13,16,20-21,25-26H,1,12,14H2,2-5H3,(H,28,29)/t20-,21+,25+,26+/m1/s1. The van der Waals surface area contributed by atoms with Gasteiger partial charge in [0.05, 0.1) is 25.7 Å². The molecule has 4 nitrogen and oxygen atoms in total. The van der Waals surface area contributed by atoms with Crippen LogP contribution in [0.1, 0.15) is 55.9 Å². The van der Waals surface area contributed by atoms with Crippen molar-refractivity contribution >= 4 is 17.6 Å². The fraction of sp³-hybridized carbons (Fsp3) is 0.423. The first kappa shape index (κ1) is 23.4. The number of halogens is 1. The number of methoxy groups -OCH3 is 1. The molecule has 0 radical (unpaired) electrons. The highest BCUT2D eigenvalue weighted by molar-refractivity contribution is 6.30. The molecule has 1 N–H and O–H groups in total. The zero-order chi connectivity index (χ0) is 22.7. The van der Waals surface area contributed by atoms with Gasteiger partial charge in [-0.2, -0.15) is 0 Å². The molecule has 0 aromatic heterocycles. The summed E-state index contributed by atoms with van der Waals surface area (Å²) in [7, 11) is 1.63. The number of carboxylic acid groups (broad SMARTS) is 1. The second kappa shape index (κ2) is 9.88. The predicted octanol–water partition coefficient (Wildman–Crippen LogP) is 6.44. The second-order valence-corrected chi connectivity index (χ2v) is 9.20. The maximum Gasteiger partial charge on any atom is 0.307 e. The average Bonchev–Trinajstić information content (AvgIpc) is 2.72. The van der Waals surface area contributed by atoms with Crippen molar-refractivity contribution in [1.29, 1.82) is 0 Å². The third-order valence-corrected chi connectivity index (χ3v) is 6.33. The Morgan fingerprint density at radius 2 is 2.03 bits per heavy atom. The van der Waals surface area contributed by atoms with Gasteiger partial charge in [0.1, 0.15) is 5.75 Å². The van der Waals surface area contributed by atoms with Gasteiger partial charge in [-0.05, 0) is 54.7 Å². The van der Waals surface area contributed by atoms with E-state index in [1.54, 1.807) is 13.2 Å². The van der Waals surface area contributed by atoms with E-state index in [2.05, 4.69) is 26.5 Å². The lowest BCUT2D eigenvalue weighted by Crippen LogP contribution is -2.39. The highest BCUT2D eigenvalue weighted by atomic mass is 35.5. The second-order valence-electron chi connectivity index (χ2n) is 8.76. The number of hydrogen-bond donors (Lipinski definition) is 1. The fourth-order valence-electron chi connectivity index (χ4n) is 4.62. The molecule has 2 aromatic carbocycles. The van der Waals surface area contributed by atoms with Crippen LogP contribution in [-0.4, -0.2) is 24.3 Å². The molecule has 1 aliphatic heterocycles. The van der Waals surface area contributed by atoms with Crippen LogP contribution in [0.3, 0.4) is 0 Å². The maximum absolute atomic E-state index is 11.3. The minimum atomic E-state index is -0.863. The molecule has 31 heavy (non-hydrogen) atoms. The Hall–Kier alpha value is -2.30.